The summed E-state index contributed by atoms with van der Waals surface area (Å²) in [5, 5.41) is 12.8. The Hall–Kier alpha value is -2.98. The lowest BCUT2D eigenvalue weighted by atomic mass is 10.2. The third-order valence-electron chi connectivity index (χ3n) is 3.30. The highest BCUT2D eigenvalue weighted by atomic mass is 32.2. The molecule has 134 valence electrons. The van der Waals surface area contributed by atoms with Crippen molar-refractivity contribution in [3.8, 4) is 6.07 Å². The van der Waals surface area contributed by atoms with Crippen molar-refractivity contribution in [1.29, 1.82) is 5.26 Å². The lowest BCUT2D eigenvalue weighted by Crippen LogP contribution is -2.45. The highest BCUT2D eigenvalue weighted by Crippen LogP contribution is 2.16. The van der Waals surface area contributed by atoms with Gasteiger partial charge in [-0.15, -0.1) is 11.8 Å². The van der Waals surface area contributed by atoms with Gasteiger partial charge in [0.15, 0.2) is 5.37 Å². The molecular weight excluding hydrogens is 350 g/mol. The minimum absolute atomic E-state index is 0.114. The SMILES string of the molecule is N#CCNC(=O)C(NC(=O)OCc1ccccc1)SCc1ccccc1. The van der Waals surface area contributed by atoms with E-state index in [0.717, 1.165) is 11.1 Å². The molecule has 2 amide bonds. The summed E-state index contributed by atoms with van der Waals surface area (Å²) in [4.78, 5) is 24.2. The van der Waals surface area contributed by atoms with Crippen LogP contribution in [0.5, 0.6) is 0 Å². The number of amides is 2. The molecule has 0 bridgehead atoms. The van der Waals surface area contributed by atoms with Gasteiger partial charge in [0.1, 0.15) is 13.2 Å². The van der Waals surface area contributed by atoms with Crippen LogP contribution in [-0.4, -0.2) is 23.9 Å². The molecule has 0 heterocycles. The fourth-order valence-electron chi connectivity index (χ4n) is 2.03. The molecule has 0 spiro atoms. The smallest absolute Gasteiger partial charge is 0.408 e. The van der Waals surface area contributed by atoms with Crippen molar-refractivity contribution < 1.29 is 14.3 Å². The van der Waals surface area contributed by atoms with Crippen LogP contribution in [0, 0.1) is 11.3 Å². The number of alkyl carbamates (subject to hydrolysis) is 1. The number of carbonyl (C=O) groups is 2. The summed E-state index contributed by atoms with van der Waals surface area (Å²) in [5.74, 6) is 0.0916. The predicted molar refractivity (Wildman–Crippen MR) is 99.9 cm³/mol. The molecule has 0 aromatic heterocycles. The molecule has 0 aliphatic carbocycles. The van der Waals surface area contributed by atoms with Gasteiger partial charge in [0.25, 0.3) is 5.91 Å². The van der Waals surface area contributed by atoms with Gasteiger partial charge in [0.2, 0.25) is 0 Å². The highest BCUT2D eigenvalue weighted by molar-refractivity contribution is 7.99. The van der Waals surface area contributed by atoms with Gasteiger partial charge in [-0.25, -0.2) is 4.79 Å². The molecular formula is C19H19N3O3S. The molecule has 7 heteroatoms. The molecule has 0 fully saturated rings. The summed E-state index contributed by atoms with van der Waals surface area (Å²) in [7, 11) is 0. The molecule has 0 radical (unpaired) electrons. The van der Waals surface area contributed by atoms with E-state index in [9.17, 15) is 9.59 Å². The Kier molecular flexibility index (Phi) is 8.03. The number of hydrogen-bond acceptors (Lipinski definition) is 5. The molecule has 2 rings (SSSR count). The zero-order valence-corrected chi connectivity index (χ0v) is 14.9. The minimum Gasteiger partial charge on any atom is -0.445 e. The summed E-state index contributed by atoms with van der Waals surface area (Å²) in [6.45, 7) is -0.00939. The predicted octanol–water partition coefficient (Wildman–Crippen LogP) is 2.81. The standard InChI is InChI=1S/C19H19N3O3S/c20-11-12-21-17(23)18(26-14-16-9-5-2-6-10-16)22-19(24)25-13-15-7-3-1-4-8-15/h1-10,18H,12-14H2,(H,21,23)(H,22,24). The molecule has 0 saturated carbocycles. The zero-order chi connectivity index (χ0) is 18.6. The number of rotatable bonds is 8. The molecule has 2 aromatic rings. The average molecular weight is 369 g/mol. The lowest BCUT2D eigenvalue weighted by Gasteiger charge is -2.17. The van der Waals surface area contributed by atoms with E-state index in [0.29, 0.717) is 5.75 Å². The zero-order valence-electron chi connectivity index (χ0n) is 14.1. The Balaban J connectivity index is 1.90. The van der Waals surface area contributed by atoms with Gasteiger partial charge in [-0.2, -0.15) is 5.26 Å². The van der Waals surface area contributed by atoms with Crippen LogP contribution in [0.4, 0.5) is 4.79 Å². The number of ether oxygens (including phenoxy) is 1. The van der Waals surface area contributed by atoms with Crippen LogP contribution in [0.25, 0.3) is 0 Å². The normalized spacial score (nSPS) is 11.0. The molecule has 0 saturated heterocycles. The summed E-state index contributed by atoms with van der Waals surface area (Å²) in [5.41, 5.74) is 1.88. The Labute approximate surface area is 156 Å². The van der Waals surface area contributed by atoms with E-state index >= 15 is 0 Å². The number of thioether (sulfide) groups is 1. The van der Waals surface area contributed by atoms with Gasteiger partial charge in [-0.3, -0.25) is 4.79 Å². The summed E-state index contributed by atoms with van der Waals surface area (Å²) in [6.07, 6.45) is -0.688. The number of carbonyl (C=O) groups excluding carboxylic acids is 2. The van der Waals surface area contributed by atoms with Crippen LogP contribution in [-0.2, 0) is 21.9 Å². The maximum atomic E-state index is 12.2. The van der Waals surface area contributed by atoms with Gasteiger partial charge in [0.05, 0.1) is 6.07 Å². The van der Waals surface area contributed by atoms with Crippen LogP contribution >= 0.6 is 11.8 Å². The summed E-state index contributed by atoms with van der Waals surface area (Å²) >= 11 is 1.25. The Morgan fingerprint density at radius 1 is 1.04 bits per heavy atom. The molecule has 26 heavy (non-hydrogen) atoms. The fourth-order valence-corrected chi connectivity index (χ4v) is 2.99. The third-order valence-corrected chi connectivity index (χ3v) is 4.47. The van der Waals surface area contributed by atoms with Crippen molar-refractivity contribution in [2.24, 2.45) is 0 Å². The van der Waals surface area contributed by atoms with Crippen molar-refractivity contribution >= 4 is 23.8 Å². The van der Waals surface area contributed by atoms with Gasteiger partial charge < -0.3 is 15.4 Å². The second-order valence-electron chi connectivity index (χ2n) is 5.26. The maximum Gasteiger partial charge on any atom is 0.408 e. The number of nitriles is 1. The van der Waals surface area contributed by atoms with Gasteiger partial charge in [-0.05, 0) is 11.1 Å². The molecule has 0 aliphatic heterocycles. The first-order valence-electron chi connectivity index (χ1n) is 7.96. The Bertz CT molecular complexity index is 748. The highest BCUT2D eigenvalue weighted by Gasteiger charge is 2.21. The van der Waals surface area contributed by atoms with E-state index < -0.39 is 17.4 Å². The maximum absolute atomic E-state index is 12.2. The van der Waals surface area contributed by atoms with Crippen molar-refractivity contribution in [2.45, 2.75) is 17.7 Å². The Morgan fingerprint density at radius 3 is 2.27 bits per heavy atom. The molecule has 2 aromatic carbocycles. The van der Waals surface area contributed by atoms with Crippen LogP contribution in [0.3, 0.4) is 0 Å². The minimum atomic E-state index is -0.855. The first kappa shape index (κ1) is 19.3. The average Bonchev–Trinajstić information content (AvgIpc) is 2.69. The molecule has 6 nitrogen and oxygen atoms in total. The van der Waals surface area contributed by atoms with Gasteiger partial charge >= 0.3 is 6.09 Å². The van der Waals surface area contributed by atoms with Crippen LogP contribution in [0.1, 0.15) is 11.1 Å². The Morgan fingerprint density at radius 2 is 1.65 bits per heavy atom. The van der Waals surface area contributed by atoms with Gasteiger partial charge in [0, 0.05) is 5.75 Å². The largest absolute Gasteiger partial charge is 0.445 e. The van der Waals surface area contributed by atoms with Crippen molar-refractivity contribution in [1.82, 2.24) is 10.6 Å². The second kappa shape index (κ2) is 10.8. The van der Waals surface area contributed by atoms with Crippen molar-refractivity contribution in [3.05, 3.63) is 71.8 Å². The van der Waals surface area contributed by atoms with E-state index in [2.05, 4.69) is 10.6 Å². The third kappa shape index (κ3) is 6.87. The van der Waals surface area contributed by atoms with E-state index in [1.165, 1.54) is 11.8 Å². The molecule has 1 unspecified atom stereocenters. The van der Waals surface area contributed by atoms with Crippen LogP contribution < -0.4 is 10.6 Å². The number of nitrogens with one attached hydrogen (secondary N) is 2. The van der Waals surface area contributed by atoms with Crippen LogP contribution in [0.15, 0.2) is 60.7 Å². The van der Waals surface area contributed by atoms with E-state index in [-0.39, 0.29) is 13.2 Å². The molecule has 1 atom stereocenters. The fraction of sp³-hybridized carbons (Fsp3) is 0.211. The van der Waals surface area contributed by atoms with Crippen LogP contribution in [0.2, 0.25) is 0 Å². The van der Waals surface area contributed by atoms with E-state index in [4.69, 9.17) is 10.00 Å². The monoisotopic (exact) mass is 369 g/mol. The number of hydrogen-bond donors (Lipinski definition) is 2. The summed E-state index contributed by atoms with van der Waals surface area (Å²) in [6, 6.07) is 20.7. The van der Waals surface area contributed by atoms with Gasteiger partial charge in [-0.1, -0.05) is 60.7 Å². The number of nitrogens with zero attached hydrogens (tertiary/aromatic N) is 1. The summed E-state index contributed by atoms with van der Waals surface area (Å²) < 4.78 is 5.16. The molecule has 0 aliphatic rings. The quantitative estimate of drug-likeness (QED) is 0.551. The van der Waals surface area contributed by atoms with Crippen molar-refractivity contribution in [2.75, 3.05) is 6.54 Å². The van der Waals surface area contributed by atoms with E-state index in [1.807, 2.05) is 66.7 Å². The number of benzene rings is 2. The molecule has 2 N–H and O–H groups in total. The van der Waals surface area contributed by atoms with Crippen molar-refractivity contribution in [3.63, 3.8) is 0 Å². The first-order chi connectivity index (χ1) is 12.7. The topological polar surface area (TPSA) is 91.2 Å². The first-order valence-corrected chi connectivity index (χ1v) is 9.01. The second-order valence-corrected chi connectivity index (χ2v) is 6.35. The lowest BCUT2D eigenvalue weighted by molar-refractivity contribution is -0.120. The van der Waals surface area contributed by atoms with E-state index in [1.54, 1.807) is 0 Å².